The summed E-state index contributed by atoms with van der Waals surface area (Å²) in [4.78, 5) is 55.0. The SMILES string of the molecule is CC(=O)Nc1ccc(S(=O)(=O)CCC(=O)N2[C@@H]3CC[C@H]2CC([C@H](N)Cc2cc(F)c(F)cc2F)C3)cc1.CC(C)S(=O)(=O)CC(=O)N1[C@@H]2CC[C@H]1CC([C@H](N)Cc1cc(F)c(F)cc1F)C2.N[C@H](Cc1cc(F)c(F)cc1F)C1C[C@H]2CC[C@@H](C1)N2C(=O)CS(=O)(=O)C1CCCC1. The summed E-state index contributed by atoms with van der Waals surface area (Å²) < 4.78 is 197. The molecule has 7 N–H and O–H groups in total. The Kier molecular flexibility index (Phi) is 24.1. The van der Waals surface area contributed by atoms with Crippen LogP contribution in [0.25, 0.3) is 0 Å². The summed E-state index contributed by atoms with van der Waals surface area (Å²) in [6, 6.07) is 8.01. The number of halogens is 9. The second-order valence-corrected chi connectivity index (χ2v) is 34.7. The van der Waals surface area contributed by atoms with Crippen LogP contribution in [0.3, 0.4) is 0 Å². The molecule has 29 heteroatoms. The maximum atomic E-state index is 14.1. The summed E-state index contributed by atoms with van der Waals surface area (Å²) in [5, 5.41) is 1.56. The van der Waals surface area contributed by atoms with Gasteiger partial charge in [0.25, 0.3) is 0 Å². The number of fused-ring (bicyclic) bond motifs is 6. The van der Waals surface area contributed by atoms with E-state index in [-0.39, 0.29) is 131 Å². The number of nitrogens with one attached hydrogen (secondary N) is 1. The number of hydrogen-bond acceptors (Lipinski definition) is 13. The highest BCUT2D eigenvalue weighted by Gasteiger charge is 2.49. The molecule has 4 aromatic carbocycles. The second-order valence-electron chi connectivity index (χ2n) is 27.8. The predicted molar refractivity (Wildman–Crippen MR) is 346 cm³/mol. The molecule has 1 aliphatic carbocycles. The van der Waals surface area contributed by atoms with Crippen molar-refractivity contribution in [1.29, 1.82) is 0 Å². The van der Waals surface area contributed by atoms with Crippen molar-refractivity contribution in [3.63, 3.8) is 0 Å². The van der Waals surface area contributed by atoms with Crippen molar-refractivity contribution in [3.8, 4) is 0 Å². The van der Waals surface area contributed by atoms with Gasteiger partial charge in [-0.05, 0) is 200 Å². The number of nitrogens with zero attached hydrogens (tertiary/aromatic N) is 3. The van der Waals surface area contributed by atoms with Gasteiger partial charge in [-0.15, -0.1) is 0 Å². The molecule has 6 heterocycles. The Morgan fingerprint density at radius 2 is 0.784 bits per heavy atom. The summed E-state index contributed by atoms with van der Waals surface area (Å²) >= 11 is 0. The van der Waals surface area contributed by atoms with E-state index in [0.717, 1.165) is 69.6 Å². The molecule has 4 amide bonds. The Balaban J connectivity index is 0.000000172. The van der Waals surface area contributed by atoms with Gasteiger partial charge in [-0.2, -0.15) is 0 Å². The van der Waals surface area contributed by atoms with Crippen LogP contribution in [0.1, 0.15) is 147 Å². The van der Waals surface area contributed by atoms with Crippen molar-refractivity contribution >= 4 is 58.8 Å². The molecule has 1 saturated carbocycles. The van der Waals surface area contributed by atoms with E-state index in [2.05, 4.69) is 5.32 Å². The highest BCUT2D eigenvalue weighted by Crippen LogP contribution is 2.44. The number of carbonyl (C=O) groups is 4. The lowest BCUT2D eigenvalue weighted by Gasteiger charge is -2.41. The van der Waals surface area contributed by atoms with Gasteiger partial charge < -0.3 is 37.2 Å². The second kappa shape index (κ2) is 31.2. The lowest BCUT2D eigenvalue weighted by molar-refractivity contribution is -0.136. The van der Waals surface area contributed by atoms with Gasteiger partial charge in [-0.25, -0.2) is 64.8 Å². The molecule has 6 aliphatic heterocycles. The van der Waals surface area contributed by atoms with Crippen molar-refractivity contribution in [2.75, 3.05) is 22.6 Å². The van der Waals surface area contributed by atoms with Gasteiger partial charge in [0.1, 0.15) is 29.0 Å². The van der Waals surface area contributed by atoms with Gasteiger partial charge in [0.2, 0.25) is 23.6 Å². The van der Waals surface area contributed by atoms with Gasteiger partial charge in [-0.3, -0.25) is 19.2 Å². The van der Waals surface area contributed by atoms with Gasteiger partial charge in [0.15, 0.2) is 64.4 Å². The number of hydrogen-bond donors (Lipinski definition) is 4. The Morgan fingerprint density at radius 1 is 0.464 bits per heavy atom. The predicted octanol–water partition coefficient (Wildman–Crippen LogP) is 9.23. The van der Waals surface area contributed by atoms with Crippen LogP contribution in [0.2, 0.25) is 0 Å². The van der Waals surface area contributed by atoms with Gasteiger partial charge in [0, 0.05) is 91.6 Å². The third kappa shape index (κ3) is 18.1. The van der Waals surface area contributed by atoms with Crippen molar-refractivity contribution in [2.45, 2.75) is 219 Å². The van der Waals surface area contributed by atoms with E-state index in [9.17, 15) is 83.9 Å². The Hall–Kier alpha value is -6.14. The van der Waals surface area contributed by atoms with E-state index in [1.165, 1.54) is 31.2 Å². The van der Waals surface area contributed by atoms with Crippen molar-refractivity contribution in [3.05, 3.63) is 130 Å². The highest BCUT2D eigenvalue weighted by molar-refractivity contribution is 7.93. The van der Waals surface area contributed by atoms with Gasteiger partial charge in [0.05, 0.1) is 21.1 Å². The Bertz CT molecular complexity index is 3870. The van der Waals surface area contributed by atoms with E-state index >= 15 is 0 Å². The monoisotopic (exact) mass is 1430 g/mol. The number of carbonyl (C=O) groups excluding carboxylic acids is 4. The van der Waals surface area contributed by atoms with Crippen LogP contribution >= 0.6 is 0 Å². The van der Waals surface area contributed by atoms with E-state index < -0.39 is 122 Å². The van der Waals surface area contributed by atoms with E-state index in [1.807, 2.05) is 0 Å². The minimum Gasteiger partial charge on any atom is -0.337 e. The molecule has 6 bridgehead atoms. The molecule has 12 atom stereocenters. The summed E-state index contributed by atoms with van der Waals surface area (Å²) in [6.45, 7) is 4.46. The zero-order valence-corrected chi connectivity index (χ0v) is 56.9. The lowest BCUT2D eigenvalue weighted by Crippen LogP contribution is -2.52. The van der Waals surface area contributed by atoms with Crippen LogP contribution in [0.5, 0.6) is 0 Å². The van der Waals surface area contributed by atoms with Crippen LogP contribution in [0, 0.1) is 70.1 Å². The van der Waals surface area contributed by atoms with Crippen molar-refractivity contribution in [1.82, 2.24) is 14.7 Å². The molecule has 17 nitrogen and oxygen atoms in total. The normalized spacial score (nSPS) is 24.9. The third-order valence-electron chi connectivity index (χ3n) is 20.9. The summed E-state index contributed by atoms with van der Waals surface area (Å²) in [5.41, 5.74) is 19.5. The molecule has 7 fully saturated rings. The fraction of sp³-hybridized carbons (Fsp3) is 0.588. The van der Waals surface area contributed by atoms with Gasteiger partial charge in [-0.1, -0.05) is 12.8 Å². The zero-order valence-electron chi connectivity index (χ0n) is 54.4. The van der Waals surface area contributed by atoms with E-state index in [0.29, 0.717) is 75.3 Å². The molecular weight excluding hydrogens is 1340 g/mol. The van der Waals surface area contributed by atoms with Crippen LogP contribution in [-0.2, 0) is 68.0 Å². The first-order valence-corrected chi connectivity index (χ1v) is 38.3. The smallest absolute Gasteiger partial charge is 0.238 e. The largest absolute Gasteiger partial charge is 0.337 e. The molecule has 11 rings (SSSR count). The minimum atomic E-state index is -3.70. The number of nitrogens with two attached hydrogens (primary N) is 3. The van der Waals surface area contributed by atoms with Crippen molar-refractivity contribution in [2.24, 2.45) is 35.0 Å². The maximum absolute atomic E-state index is 14.1. The molecule has 534 valence electrons. The van der Waals surface area contributed by atoms with Crippen molar-refractivity contribution < 1.29 is 83.9 Å². The first-order valence-electron chi connectivity index (χ1n) is 33.2. The molecule has 7 aliphatic rings. The zero-order chi connectivity index (χ0) is 70.7. The molecule has 0 radical (unpaired) electrons. The standard InChI is InChI=1S/C26H30F3N3O4S.C22H29F3N2O3S.C20H27F3N2O3S/c1-15(33)31-18-2-6-21(7-3-18)37(35,36)9-8-26(34)32-19-4-5-20(32)11-17(10-19)25(30)13-16-12-23(28)24(29)14-22(16)27;23-18-11-20(25)19(24)9-13(18)10-21(26)14-7-15-5-6-16(8-14)27(15)22(28)12-31(29,30)17-3-1-2-4-17;1-11(2)29(27,28)10-20(26)25-14-3-4-15(25)6-13(5-14)19(24)8-12-7-17(22)18(23)9-16(12)21/h2-3,6-7,12,14,17,19-20,25H,4-5,8-11,13,30H2,1H3,(H,31,33);9,11,14-17,21H,1-8,10,12,26H2;7,9,11,13-15,19H,3-6,8,10,24H2,1-2H3/t17?,19-,20+,25-;14?,15-,16+,21-;13?,14-,15+,19-/m111/s1. The fourth-order valence-electron chi connectivity index (χ4n) is 15.8. The average molecular weight is 1430 g/mol. The van der Waals surface area contributed by atoms with Crippen LogP contribution in [-0.4, -0.2) is 146 Å². The maximum Gasteiger partial charge on any atom is 0.238 e. The quantitative estimate of drug-likeness (QED) is 0.0475. The van der Waals surface area contributed by atoms with Gasteiger partial charge >= 0.3 is 0 Å². The molecule has 4 aromatic rings. The minimum absolute atomic E-state index is 0.000466. The number of benzene rings is 4. The molecule has 0 aromatic heterocycles. The number of anilines is 1. The molecule has 6 saturated heterocycles. The van der Waals surface area contributed by atoms with E-state index in [1.54, 1.807) is 28.5 Å². The highest BCUT2D eigenvalue weighted by atomic mass is 32.2. The number of amides is 4. The molecular formula is C68H86F9N7O10S3. The average Bonchev–Trinajstić information content (AvgIpc) is 1.68. The Morgan fingerprint density at radius 3 is 1.11 bits per heavy atom. The lowest BCUT2D eigenvalue weighted by atomic mass is 9.82. The molecule has 3 unspecified atom stereocenters. The number of piperidine rings is 3. The van der Waals surface area contributed by atoms with Crippen LogP contribution in [0.4, 0.5) is 45.2 Å². The van der Waals surface area contributed by atoms with Crippen LogP contribution < -0.4 is 22.5 Å². The first-order chi connectivity index (χ1) is 45.6. The summed E-state index contributed by atoms with van der Waals surface area (Å²) in [5.74, 6) is -12.0. The summed E-state index contributed by atoms with van der Waals surface area (Å²) in [7, 11) is -10.6. The molecule has 0 spiro atoms. The Labute approximate surface area is 560 Å². The number of rotatable bonds is 20. The third-order valence-corrected chi connectivity index (χ3v) is 26.9. The summed E-state index contributed by atoms with van der Waals surface area (Å²) in [6.07, 6.45) is 11.4. The van der Waals surface area contributed by atoms with Crippen LogP contribution in [0.15, 0.2) is 65.6 Å². The fourth-order valence-corrected chi connectivity index (χ4v) is 19.6. The molecule has 97 heavy (non-hydrogen) atoms. The van der Waals surface area contributed by atoms with E-state index in [4.69, 9.17) is 17.2 Å². The topological polar surface area (TPSA) is 271 Å². The first kappa shape index (κ1) is 75.1. The number of sulfone groups is 3.